The molecule has 1 aromatic carbocycles. The molecule has 8 nitrogen and oxygen atoms in total. The maximum atomic E-state index is 12.7. The van der Waals surface area contributed by atoms with E-state index in [0.29, 0.717) is 13.1 Å². The number of nitrogens with zero attached hydrogens (tertiary/aromatic N) is 6. The lowest BCUT2D eigenvalue weighted by molar-refractivity contribution is 0.208. The number of likely N-dealkylation sites (N-methyl/N-ethyl adjacent to an activating group) is 1. The van der Waals surface area contributed by atoms with E-state index in [1.165, 1.54) is 0 Å². The Morgan fingerprint density at radius 2 is 1.55 bits per heavy atom. The van der Waals surface area contributed by atoms with Gasteiger partial charge in [0.2, 0.25) is 0 Å². The number of rotatable bonds is 4. The molecule has 1 aromatic heterocycles. The monoisotopic (exact) mass is 441 g/mol. The van der Waals surface area contributed by atoms with Gasteiger partial charge in [0, 0.05) is 69.0 Å². The third-order valence-electron chi connectivity index (χ3n) is 5.85. The fourth-order valence-electron chi connectivity index (χ4n) is 3.94. The van der Waals surface area contributed by atoms with Gasteiger partial charge < -0.3 is 24.9 Å². The number of aromatic nitrogens is 2. The average molecular weight is 442 g/mol. The highest BCUT2D eigenvalue weighted by Gasteiger charge is 2.24. The normalized spacial score (nSPS) is 17.7. The SMILES string of the molecule is CSc1cccc(NC(=O)N2CCN(c3cc(N4CCN(C)CC4)nc(C)n3)CC2)c1. The second-order valence-electron chi connectivity index (χ2n) is 8.06. The van der Waals surface area contributed by atoms with E-state index in [2.05, 4.69) is 43.1 Å². The first-order chi connectivity index (χ1) is 15.0. The van der Waals surface area contributed by atoms with Gasteiger partial charge in [0.25, 0.3) is 0 Å². The first kappa shape index (κ1) is 21.7. The van der Waals surface area contributed by atoms with Gasteiger partial charge in [-0.15, -0.1) is 11.8 Å². The summed E-state index contributed by atoms with van der Waals surface area (Å²) in [6.07, 6.45) is 2.03. The minimum Gasteiger partial charge on any atom is -0.354 e. The Hall–Kier alpha value is -2.52. The molecule has 2 aliphatic rings. The summed E-state index contributed by atoms with van der Waals surface area (Å²) in [6, 6.07) is 9.99. The maximum Gasteiger partial charge on any atom is 0.321 e. The zero-order chi connectivity index (χ0) is 21.8. The topological polar surface area (TPSA) is 67.8 Å². The molecule has 0 spiro atoms. The lowest BCUT2D eigenvalue weighted by Gasteiger charge is -2.36. The van der Waals surface area contributed by atoms with Crippen molar-refractivity contribution in [2.24, 2.45) is 0 Å². The van der Waals surface area contributed by atoms with Gasteiger partial charge in [-0.25, -0.2) is 14.8 Å². The number of piperazine rings is 2. The molecule has 2 amide bonds. The van der Waals surface area contributed by atoms with Gasteiger partial charge in [-0.1, -0.05) is 6.07 Å². The summed E-state index contributed by atoms with van der Waals surface area (Å²) >= 11 is 1.67. The smallest absolute Gasteiger partial charge is 0.321 e. The highest BCUT2D eigenvalue weighted by molar-refractivity contribution is 7.98. The largest absolute Gasteiger partial charge is 0.354 e. The van der Waals surface area contributed by atoms with Crippen molar-refractivity contribution in [2.75, 3.05) is 80.8 Å². The fraction of sp³-hybridized carbons (Fsp3) is 0.500. The molecule has 1 N–H and O–H groups in total. The Kier molecular flexibility index (Phi) is 6.82. The molecule has 3 heterocycles. The third-order valence-corrected chi connectivity index (χ3v) is 6.58. The van der Waals surface area contributed by atoms with Gasteiger partial charge in [0.15, 0.2) is 0 Å². The van der Waals surface area contributed by atoms with Crippen molar-refractivity contribution in [2.45, 2.75) is 11.8 Å². The van der Waals surface area contributed by atoms with Crippen molar-refractivity contribution in [1.29, 1.82) is 0 Å². The van der Waals surface area contributed by atoms with Crippen LogP contribution in [0.25, 0.3) is 0 Å². The zero-order valence-electron chi connectivity index (χ0n) is 18.5. The predicted octanol–water partition coefficient (Wildman–Crippen LogP) is 2.61. The van der Waals surface area contributed by atoms with E-state index in [1.54, 1.807) is 11.8 Å². The van der Waals surface area contributed by atoms with Gasteiger partial charge >= 0.3 is 6.03 Å². The van der Waals surface area contributed by atoms with E-state index < -0.39 is 0 Å². The molecule has 2 saturated heterocycles. The van der Waals surface area contributed by atoms with Crippen LogP contribution in [0.1, 0.15) is 5.82 Å². The number of nitrogens with one attached hydrogen (secondary N) is 1. The maximum absolute atomic E-state index is 12.7. The van der Waals surface area contributed by atoms with Crippen LogP contribution in [-0.4, -0.2) is 91.5 Å². The van der Waals surface area contributed by atoms with Crippen LogP contribution in [0.5, 0.6) is 0 Å². The van der Waals surface area contributed by atoms with Crippen LogP contribution < -0.4 is 15.1 Å². The highest BCUT2D eigenvalue weighted by Crippen LogP contribution is 2.22. The number of aryl methyl sites for hydroxylation is 1. The number of urea groups is 1. The van der Waals surface area contributed by atoms with E-state index in [-0.39, 0.29) is 6.03 Å². The van der Waals surface area contributed by atoms with Crippen LogP contribution in [0.3, 0.4) is 0 Å². The minimum atomic E-state index is -0.0464. The molecule has 0 radical (unpaired) electrons. The van der Waals surface area contributed by atoms with E-state index in [4.69, 9.17) is 0 Å². The molecule has 2 aliphatic heterocycles. The number of thioether (sulfide) groups is 1. The first-order valence-electron chi connectivity index (χ1n) is 10.8. The summed E-state index contributed by atoms with van der Waals surface area (Å²) < 4.78 is 0. The second kappa shape index (κ2) is 9.74. The number of hydrogen-bond donors (Lipinski definition) is 1. The lowest BCUT2D eigenvalue weighted by Crippen LogP contribution is -2.50. The Morgan fingerprint density at radius 3 is 2.16 bits per heavy atom. The second-order valence-corrected chi connectivity index (χ2v) is 8.94. The molecule has 0 atom stereocenters. The fourth-order valence-corrected chi connectivity index (χ4v) is 4.40. The van der Waals surface area contributed by atoms with Gasteiger partial charge in [-0.3, -0.25) is 0 Å². The molecule has 9 heteroatoms. The summed E-state index contributed by atoms with van der Waals surface area (Å²) in [5.74, 6) is 2.75. The van der Waals surface area contributed by atoms with Gasteiger partial charge in [-0.05, 0) is 38.4 Å². The Bertz CT molecular complexity index is 908. The zero-order valence-corrected chi connectivity index (χ0v) is 19.4. The van der Waals surface area contributed by atoms with Crippen LogP contribution in [0.15, 0.2) is 35.2 Å². The molecule has 166 valence electrons. The quantitative estimate of drug-likeness (QED) is 0.732. The molecule has 0 bridgehead atoms. The molecule has 2 aromatic rings. The Balaban J connectivity index is 1.36. The third kappa shape index (κ3) is 5.40. The van der Waals surface area contributed by atoms with Crippen LogP contribution in [-0.2, 0) is 0 Å². The Morgan fingerprint density at radius 1 is 0.935 bits per heavy atom. The van der Waals surface area contributed by atoms with Crippen molar-refractivity contribution in [1.82, 2.24) is 19.8 Å². The Labute approximate surface area is 188 Å². The summed E-state index contributed by atoms with van der Waals surface area (Å²) in [6.45, 7) is 8.87. The first-order valence-corrected chi connectivity index (χ1v) is 12.0. The molecule has 0 unspecified atom stereocenters. The summed E-state index contributed by atoms with van der Waals surface area (Å²) in [5.41, 5.74) is 0.836. The average Bonchev–Trinajstić information content (AvgIpc) is 2.79. The summed E-state index contributed by atoms with van der Waals surface area (Å²) in [4.78, 5) is 32.0. The molecule has 0 saturated carbocycles. The number of carbonyl (C=O) groups is 1. The van der Waals surface area contributed by atoms with Crippen molar-refractivity contribution < 1.29 is 4.79 Å². The molecule has 0 aliphatic carbocycles. The standard InChI is InChI=1S/C22H31N7OS/c1-17-23-20(27-9-7-26(2)8-10-27)16-21(24-17)28-11-13-29(14-12-28)22(30)25-18-5-4-6-19(15-18)31-3/h4-6,15-16H,7-14H2,1-3H3,(H,25,30). The molecule has 2 fully saturated rings. The van der Waals surface area contributed by atoms with Crippen molar-refractivity contribution >= 4 is 35.1 Å². The number of amides is 2. The van der Waals surface area contributed by atoms with Crippen LogP contribution in [0, 0.1) is 6.92 Å². The predicted molar refractivity (Wildman–Crippen MR) is 128 cm³/mol. The number of anilines is 3. The van der Waals surface area contributed by atoms with Crippen molar-refractivity contribution in [3.05, 3.63) is 36.2 Å². The molecule has 31 heavy (non-hydrogen) atoms. The molecule has 4 rings (SSSR count). The number of benzene rings is 1. The van der Waals surface area contributed by atoms with Gasteiger partial charge in [0.1, 0.15) is 17.5 Å². The summed E-state index contributed by atoms with van der Waals surface area (Å²) in [5, 5.41) is 3.02. The van der Waals surface area contributed by atoms with E-state index in [9.17, 15) is 4.79 Å². The molecular formula is C22H31N7OS. The number of carbonyl (C=O) groups excluding carboxylic acids is 1. The van der Waals surface area contributed by atoms with E-state index in [0.717, 1.165) is 67.3 Å². The highest BCUT2D eigenvalue weighted by atomic mass is 32.2. The van der Waals surface area contributed by atoms with Gasteiger partial charge in [-0.2, -0.15) is 0 Å². The van der Waals surface area contributed by atoms with Crippen LogP contribution >= 0.6 is 11.8 Å². The lowest BCUT2D eigenvalue weighted by atomic mass is 10.3. The minimum absolute atomic E-state index is 0.0464. The summed E-state index contributed by atoms with van der Waals surface area (Å²) in [7, 11) is 2.16. The number of hydrogen-bond acceptors (Lipinski definition) is 7. The van der Waals surface area contributed by atoms with E-state index in [1.807, 2.05) is 42.3 Å². The van der Waals surface area contributed by atoms with Crippen LogP contribution in [0.2, 0.25) is 0 Å². The van der Waals surface area contributed by atoms with Crippen LogP contribution in [0.4, 0.5) is 22.1 Å². The molecular weight excluding hydrogens is 410 g/mol. The van der Waals surface area contributed by atoms with Crippen molar-refractivity contribution in [3.63, 3.8) is 0 Å². The van der Waals surface area contributed by atoms with E-state index >= 15 is 0 Å². The van der Waals surface area contributed by atoms with Crippen molar-refractivity contribution in [3.8, 4) is 0 Å². The van der Waals surface area contributed by atoms with Gasteiger partial charge in [0.05, 0.1) is 0 Å².